The molecule has 114 valence electrons. The maximum atomic E-state index is 5.98. The van der Waals surface area contributed by atoms with Crippen molar-refractivity contribution in [2.24, 2.45) is 11.7 Å². The summed E-state index contributed by atoms with van der Waals surface area (Å²) in [6.07, 6.45) is 6.57. The van der Waals surface area contributed by atoms with E-state index in [9.17, 15) is 0 Å². The molecule has 0 aromatic carbocycles. The Bertz CT molecular complexity index is 410. The lowest BCUT2D eigenvalue weighted by Crippen LogP contribution is -2.30. The van der Waals surface area contributed by atoms with Crippen LogP contribution >= 0.6 is 0 Å². The fourth-order valence-electron chi connectivity index (χ4n) is 2.85. The first kappa shape index (κ1) is 15.4. The highest BCUT2D eigenvalue weighted by Gasteiger charge is 2.23. The Morgan fingerprint density at radius 1 is 1.35 bits per heavy atom. The van der Waals surface area contributed by atoms with Gasteiger partial charge in [0.15, 0.2) is 5.82 Å². The average molecular weight is 280 g/mol. The Morgan fingerprint density at radius 2 is 2.15 bits per heavy atom. The molecule has 20 heavy (non-hydrogen) atoms. The molecule has 5 heteroatoms. The van der Waals surface area contributed by atoms with E-state index in [2.05, 4.69) is 22.0 Å². The Morgan fingerprint density at radius 3 is 2.80 bits per heavy atom. The van der Waals surface area contributed by atoms with Crippen LogP contribution in [-0.2, 0) is 12.1 Å². The lowest BCUT2D eigenvalue weighted by molar-refractivity contribution is 0.230. The van der Waals surface area contributed by atoms with Crippen molar-refractivity contribution in [1.29, 1.82) is 0 Å². The standard InChI is InChI=1S/C15H28N4O/c1-4-6-12-7-5-9-19(10-8-12)11-13-17-14(18-20-13)15(2,3)16/h12H,4-11,16H2,1-3H3. The van der Waals surface area contributed by atoms with Gasteiger partial charge < -0.3 is 10.3 Å². The molecule has 1 unspecified atom stereocenters. The molecule has 1 aliphatic heterocycles. The first-order chi connectivity index (χ1) is 9.49. The van der Waals surface area contributed by atoms with Crippen LogP contribution in [0.15, 0.2) is 4.52 Å². The Labute approximate surface area is 121 Å². The molecular formula is C15H28N4O. The highest BCUT2D eigenvalue weighted by molar-refractivity contribution is 4.99. The minimum absolute atomic E-state index is 0.535. The zero-order valence-electron chi connectivity index (χ0n) is 13.1. The van der Waals surface area contributed by atoms with Crippen molar-refractivity contribution in [3.8, 4) is 0 Å². The summed E-state index contributed by atoms with van der Waals surface area (Å²) in [5.74, 6) is 2.17. The van der Waals surface area contributed by atoms with Gasteiger partial charge in [0, 0.05) is 0 Å². The second kappa shape index (κ2) is 6.68. The van der Waals surface area contributed by atoms with Gasteiger partial charge in [0.25, 0.3) is 0 Å². The molecule has 1 atom stereocenters. The summed E-state index contributed by atoms with van der Waals surface area (Å²) in [7, 11) is 0. The SMILES string of the molecule is CCCC1CCCN(Cc2nc(C(C)(C)N)no2)CC1. The zero-order valence-corrected chi connectivity index (χ0v) is 13.1. The predicted molar refractivity (Wildman–Crippen MR) is 79.0 cm³/mol. The minimum Gasteiger partial charge on any atom is -0.338 e. The van der Waals surface area contributed by atoms with E-state index >= 15 is 0 Å². The number of nitrogens with zero attached hydrogens (tertiary/aromatic N) is 3. The summed E-state index contributed by atoms with van der Waals surface area (Å²) in [5.41, 5.74) is 5.45. The average Bonchev–Trinajstić information content (AvgIpc) is 2.73. The lowest BCUT2D eigenvalue weighted by atomic mass is 9.96. The van der Waals surface area contributed by atoms with Gasteiger partial charge in [-0.15, -0.1) is 0 Å². The minimum atomic E-state index is -0.535. The summed E-state index contributed by atoms with van der Waals surface area (Å²) in [5, 5.41) is 3.98. The lowest BCUT2D eigenvalue weighted by Gasteiger charge is -2.17. The summed E-state index contributed by atoms with van der Waals surface area (Å²) in [6.45, 7) is 9.07. The predicted octanol–water partition coefficient (Wildman–Crippen LogP) is 2.67. The van der Waals surface area contributed by atoms with Crippen LogP contribution in [0.4, 0.5) is 0 Å². The molecule has 2 heterocycles. The number of hydrogen-bond acceptors (Lipinski definition) is 5. The van der Waals surface area contributed by atoms with Crippen LogP contribution in [0, 0.1) is 5.92 Å². The molecule has 2 rings (SSSR count). The molecule has 0 spiro atoms. The molecule has 1 aromatic rings. The molecule has 1 saturated heterocycles. The number of hydrogen-bond donors (Lipinski definition) is 1. The quantitative estimate of drug-likeness (QED) is 0.898. The molecule has 2 N–H and O–H groups in total. The Kier molecular flexibility index (Phi) is 5.16. The second-order valence-electron chi connectivity index (χ2n) is 6.60. The van der Waals surface area contributed by atoms with E-state index in [1.54, 1.807) is 0 Å². The third-order valence-electron chi connectivity index (χ3n) is 4.04. The van der Waals surface area contributed by atoms with E-state index < -0.39 is 5.54 Å². The smallest absolute Gasteiger partial charge is 0.240 e. The van der Waals surface area contributed by atoms with Gasteiger partial charge in [-0.3, -0.25) is 4.90 Å². The van der Waals surface area contributed by atoms with Gasteiger partial charge in [-0.1, -0.05) is 24.9 Å². The molecule has 1 aliphatic rings. The van der Waals surface area contributed by atoms with Gasteiger partial charge in [0.05, 0.1) is 12.1 Å². The summed E-state index contributed by atoms with van der Waals surface area (Å²) < 4.78 is 5.33. The fraction of sp³-hybridized carbons (Fsp3) is 0.867. The number of likely N-dealkylation sites (tertiary alicyclic amines) is 1. The number of aromatic nitrogens is 2. The Balaban J connectivity index is 1.88. The molecule has 0 saturated carbocycles. The van der Waals surface area contributed by atoms with E-state index in [0.717, 1.165) is 25.6 Å². The van der Waals surface area contributed by atoms with Crippen molar-refractivity contribution in [2.75, 3.05) is 13.1 Å². The first-order valence-corrected chi connectivity index (χ1v) is 7.83. The first-order valence-electron chi connectivity index (χ1n) is 7.83. The second-order valence-corrected chi connectivity index (χ2v) is 6.60. The van der Waals surface area contributed by atoms with Gasteiger partial charge in [-0.05, 0) is 52.1 Å². The van der Waals surface area contributed by atoms with Crippen LogP contribution in [0.1, 0.15) is 64.6 Å². The Hall–Kier alpha value is -0.940. The molecule has 0 aliphatic carbocycles. The molecule has 0 amide bonds. The van der Waals surface area contributed by atoms with E-state index in [0.29, 0.717) is 11.7 Å². The van der Waals surface area contributed by atoms with E-state index in [4.69, 9.17) is 10.3 Å². The molecular weight excluding hydrogens is 252 g/mol. The maximum absolute atomic E-state index is 5.98. The van der Waals surface area contributed by atoms with Crippen molar-refractivity contribution >= 4 is 0 Å². The van der Waals surface area contributed by atoms with Crippen molar-refractivity contribution in [3.05, 3.63) is 11.7 Å². The highest BCUT2D eigenvalue weighted by atomic mass is 16.5. The summed E-state index contributed by atoms with van der Waals surface area (Å²) >= 11 is 0. The van der Waals surface area contributed by atoms with Gasteiger partial charge >= 0.3 is 0 Å². The van der Waals surface area contributed by atoms with Crippen molar-refractivity contribution < 1.29 is 4.52 Å². The number of nitrogens with two attached hydrogens (primary N) is 1. The molecule has 1 fully saturated rings. The van der Waals surface area contributed by atoms with Gasteiger partial charge in [0.2, 0.25) is 5.89 Å². The molecule has 5 nitrogen and oxygen atoms in total. The van der Waals surface area contributed by atoms with Crippen LogP contribution in [-0.4, -0.2) is 28.1 Å². The fourth-order valence-corrected chi connectivity index (χ4v) is 2.85. The van der Waals surface area contributed by atoms with E-state index in [1.807, 2.05) is 13.8 Å². The summed E-state index contributed by atoms with van der Waals surface area (Å²) in [6, 6.07) is 0. The third kappa shape index (κ3) is 4.28. The van der Waals surface area contributed by atoms with Crippen LogP contribution in [0.25, 0.3) is 0 Å². The largest absolute Gasteiger partial charge is 0.338 e. The van der Waals surface area contributed by atoms with Crippen molar-refractivity contribution in [1.82, 2.24) is 15.0 Å². The topological polar surface area (TPSA) is 68.2 Å². The van der Waals surface area contributed by atoms with Gasteiger partial charge in [0.1, 0.15) is 0 Å². The maximum Gasteiger partial charge on any atom is 0.240 e. The van der Waals surface area contributed by atoms with Gasteiger partial charge in [-0.25, -0.2) is 0 Å². The number of rotatable bonds is 5. The van der Waals surface area contributed by atoms with Crippen LogP contribution in [0.3, 0.4) is 0 Å². The van der Waals surface area contributed by atoms with Crippen LogP contribution in [0.5, 0.6) is 0 Å². The van der Waals surface area contributed by atoms with Crippen molar-refractivity contribution in [2.45, 2.75) is 65.0 Å². The van der Waals surface area contributed by atoms with Crippen LogP contribution in [0.2, 0.25) is 0 Å². The monoisotopic (exact) mass is 280 g/mol. The molecule has 0 radical (unpaired) electrons. The van der Waals surface area contributed by atoms with Crippen molar-refractivity contribution in [3.63, 3.8) is 0 Å². The van der Waals surface area contributed by atoms with Gasteiger partial charge in [-0.2, -0.15) is 4.98 Å². The summed E-state index contributed by atoms with van der Waals surface area (Å²) in [4.78, 5) is 6.84. The normalized spacial score (nSPS) is 21.9. The van der Waals surface area contributed by atoms with Crippen LogP contribution < -0.4 is 5.73 Å². The van der Waals surface area contributed by atoms with E-state index in [1.165, 1.54) is 32.1 Å². The third-order valence-corrected chi connectivity index (χ3v) is 4.04. The zero-order chi connectivity index (χ0) is 14.6. The molecule has 0 bridgehead atoms. The van der Waals surface area contributed by atoms with E-state index in [-0.39, 0.29) is 0 Å². The molecule has 1 aromatic heterocycles. The highest BCUT2D eigenvalue weighted by Crippen LogP contribution is 2.23.